The summed E-state index contributed by atoms with van der Waals surface area (Å²) in [5.41, 5.74) is 13.0. The summed E-state index contributed by atoms with van der Waals surface area (Å²) >= 11 is 0. The Hall–Kier alpha value is -5.93. The number of rotatable bonds is 23. The third-order valence-electron chi connectivity index (χ3n) is 9.63. The summed E-state index contributed by atoms with van der Waals surface area (Å²) in [6.45, 7) is 5.80. The Morgan fingerprint density at radius 2 is 1.47 bits per heavy atom. The van der Waals surface area contributed by atoms with Crippen LogP contribution < -0.4 is 27.4 Å². The minimum atomic E-state index is -5.08. The summed E-state index contributed by atoms with van der Waals surface area (Å²) in [7, 11) is 0. The summed E-state index contributed by atoms with van der Waals surface area (Å²) in [5.74, 6) is -7.08. The number of unbranched alkanes of at least 4 members (excludes halogenated alkanes) is 1. The summed E-state index contributed by atoms with van der Waals surface area (Å²) in [6.07, 6.45) is -1.71. The van der Waals surface area contributed by atoms with E-state index in [2.05, 4.69) is 16.0 Å². The smallest absolute Gasteiger partial charge is 0.480 e. The number of hydrogen-bond donors (Lipinski definition) is 8. The zero-order valence-corrected chi connectivity index (χ0v) is 35.9. The average Bonchev–Trinajstić information content (AvgIpc) is 3.62. The van der Waals surface area contributed by atoms with Crippen molar-refractivity contribution in [3.8, 4) is 11.1 Å². The lowest BCUT2D eigenvalue weighted by Crippen LogP contribution is -2.48. The number of aliphatic hydroxyl groups is 1. The number of aliphatic carboxylic acids is 2. The molecule has 0 saturated heterocycles. The largest absolute Gasteiger partial charge is 0.490 e. The third-order valence-corrected chi connectivity index (χ3v) is 9.63. The number of aliphatic hydroxyl groups excluding tert-OH is 1. The number of alkyl halides is 3. The maximum atomic E-state index is 15.0. The third kappa shape index (κ3) is 18.4. The second kappa shape index (κ2) is 26.0. The van der Waals surface area contributed by atoms with Crippen LogP contribution in [0.15, 0.2) is 60.8 Å². The van der Waals surface area contributed by atoms with E-state index < -0.39 is 77.6 Å². The number of nitrogens with two attached hydrogens (primary N) is 2. The van der Waals surface area contributed by atoms with Crippen molar-refractivity contribution < 1.29 is 66.0 Å². The quantitative estimate of drug-likeness (QED) is 0.0501. The Morgan fingerprint density at radius 3 is 2.05 bits per heavy atom. The van der Waals surface area contributed by atoms with Crippen molar-refractivity contribution in [3.05, 3.63) is 83.7 Å². The zero-order chi connectivity index (χ0) is 48.2. The second-order valence-electron chi connectivity index (χ2n) is 15.8. The highest BCUT2D eigenvalue weighted by Gasteiger charge is 2.39. The molecule has 1 heterocycles. The maximum Gasteiger partial charge on any atom is 0.490 e. The van der Waals surface area contributed by atoms with Crippen LogP contribution in [-0.4, -0.2) is 111 Å². The van der Waals surface area contributed by atoms with E-state index in [0.29, 0.717) is 37.2 Å². The van der Waals surface area contributed by atoms with Gasteiger partial charge in [0.2, 0.25) is 23.6 Å². The highest BCUT2D eigenvalue weighted by atomic mass is 19.4. The molecule has 0 aliphatic heterocycles. The van der Waals surface area contributed by atoms with Gasteiger partial charge in [-0.25, -0.2) is 18.4 Å². The monoisotopic (exact) mass is 911 g/mol. The number of nitrogens with one attached hydrogen (secondary N) is 3. The Bertz CT molecular complexity index is 2010. The van der Waals surface area contributed by atoms with Gasteiger partial charge in [0, 0.05) is 62.0 Å². The zero-order valence-electron chi connectivity index (χ0n) is 35.9. The Labute approximate surface area is 367 Å². The predicted molar refractivity (Wildman–Crippen MR) is 225 cm³/mol. The van der Waals surface area contributed by atoms with E-state index in [4.69, 9.17) is 21.4 Å². The van der Waals surface area contributed by atoms with Gasteiger partial charge in [-0.2, -0.15) is 13.2 Å². The van der Waals surface area contributed by atoms with Gasteiger partial charge in [0.1, 0.15) is 24.3 Å². The molecule has 0 unspecified atom stereocenters. The molecule has 0 fully saturated rings. The molecule has 3 atom stereocenters. The molecule has 0 aliphatic rings. The highest BCUT2D eigenvalue weighted by molar-refractivity contribution is 5.84. The summed E-state index contributed by atoms with van der Waals surface area (Å²) in [4.78, 5) is 72.6. The lowest BCUT2D eigenvalue weighted by atomic mass is 9.82. The average molecular weight is 912 g/mol. The molecular weight excluding hydrogens is 854 g/mol. The fourth-order valence-electron chi connectivity index (χ4n) is 6.54. The SMILES string of the molecule is CC(C)(C)[C@H](c1cc(-c2cc(F)ccc2F)cn1Cc1ccccc1)N(CC[C@H](N)C(=O)NCCNC(=O)CCCC(=O)N[C@@H](CCCCN)C(=O)O)C(=O)CO.O=C(O)C(F)(F)F. The number of aromatic nitrogens is 1. The van der Waals surface area contributed by atoms with E-state index >= 15 is 4.39 Å². The number of nitrogens with zero attached hydrogens (tertiary/aromatic N) is 2. The molecule has 4 amide bonds. The predicted octanol–water partition coefficient (Wildman–Crippen LogP) is 3.84. The molecule has 0 saturated carbocycles. The van der Waals surface area contributed by atoms with Crippen LogP contribution in [0.1, 0.15) is 83.0 Å². The first-order chi connectivity index (χ1) is 30.0. The van der Waals surface area contributed by atoms with Crippen molar-refractivity contribution in [2.24, 2.45) is 16.9 Å². The molecule has 21 heteroatoms. The number of carboxylic acids is 2. The van der Waals surface area contributed by atoms with Gasteiger partial charge < -0.3 is 52.2 Å². The molecule has 3 rings (SSSR count). The van der Waals surface area contributed by atoms with Crippen molar-refractivity contribution in [1.29, 1.82) is 0 Å². The van der Waals surface area contributed by atoms with Crippen LogP contribution >= 0.6 is 0 Å². The molecular formula is C43H58F5N7O9. The van der Waals surface area contributed by atoms with E-state index in [9.17, 15) is 51.7 Å². The summed E-state index contributed by atoms with van der Waals surface area (Å²) in [5, 5.41) is 34.3. The topological polar surface area (TPSA) is 259 Å². The molecule has 0 bridgehead atoms. The van der Waals surface area contributed by atoms with Gasteiger partial charge in [-0.3, -0.25) is 19.2 Å². The second-order valence-corrected chi connectivity index (χ2v) is 15.8. The molecule has 10 N–H and O–H groups in total. The standard InChI is InChI=1S/C41H57F2N7O7.C2HF3O2/c1-41(2,3)38(34-22-28(30-23-29(42)15-16-31(30)43)25-49(34)24-27-10-5-4-6-11-27)50(37(54)26-51)21-17-32(45)39(55)47-20-19-46-35(52)13-9-14-36(53)48-33(40(56)57)12-7-8-18-44;3-2(4,5)1(6)7/h4-6,10-11,15-16,22-23,25,32-33,38,51H,7-9,12-14,17-21,24,26,44-45H2,1-3H3,(H,46,52)(H,47,55)(H,48,53)(H,56,57);(H,6,7)/t32-,33-,38-;/m0./s1. The Kier molecular flexibility index (Phi) is 22.0. The first-order valence-corrected chi connectivity index (χ1v) is 20.4. The number of carbonyl (C=O) groups excluding carboxylic acids is 4. The molecule has 2 aromatic carbocycles. The van der Waals surface area contributed by atoms with Crippen LogP contribution in [0.25, 0.3) is 11.1 Å². The Balaban J connectivity index is 0.00000185. The van der Waals surface area contributed by atoms with Gasteiger partial charge >= 0.3 is 18.1 Å². The first-order valence-electron chi connectivity index (χ1n) is 20.4. The lowest BCUT2D eigenvalue weighted by Gasteiger charge is -2.41. The minimum absolute atomic E-state index is 0.0130. The van der Waals surface area contributed by atoms with Crippen molar-refractivity contribution in [2.45, 2.75) is 96.6 Å². The van der Waals surface area contributed by atoms with Crippen LogP contribution in [0.2, 0.25) is 0 Å². The highest BCUT2D eigenvalue weighted by Crippen LogP contribution is 2.41. The van der Waals surface area contributed by atoms with Gasteiger partial charge in [-0.1, -0.05) is 51.1 Å². The molecule has 0 spiro atoms. The normalized spacial score (nSPS) is 12.8. The first kappa shape index (κ1) is 54.2. The van der Waals surface area contributed by atoms with Crippen molar-refractivity contribution in [3.63, 3.8) is 0 Å². The number of carbonyl (C=O) groups is 6. The number of halogens is 5. The fourth-order valence-corrected chi connectivity index (χ4v) is 6.54. The molecule has 64 heavy (non-hydrogen) atoms. The van der Waals surface area contributed by atoms with Crippen molar-refractivity contribution >= 4 is 35.6 Å². The van der Waals surface area contributed by atoms with Crippen LogP contribution in [0, 0.1) is 17.0 Å². The molecule has 354 valence electrons. The van der Waals surface area contributed by atoms with Gasteiger partial charge in [-0.15, -0.1) is 0 Å². The van der Waals surface area contributed by atoms with E-state index in [1.165, 1.54) is 4.90 Å². The van der Waals surface area contributed by atoms with Crippen molar-refractivity contribution in [2.75, 3.05) is 32.8 Å². The lowest BCUT2D eigenvalue weighted by molar-refractivity contribution is -0.192. The number of amides is 4. The molecule has 1 aromatic heterocycles. The van der Waals surface area contributed by atoms with Crippen LogP contribution in [0.3, 0.4) is 0 Å². The van der Waals surface area contributed by atoms with E-state index in [1.54, 1.807) is 12.3 Å². The van der Waals surface area contributed by atoms with Gasteiger partial charge in [0.05, 0.1) is 12.1 Å². The van der Waals surface area contributed by atoms with Gasteiger partial charge in [0.25, 0.3) is 0 Å². The van der Waals surface area contributed by atoms with Gasteiger partial charge in [-0.05, 0) is 73.9 Å². The minimum Gasteiger partial charge on any atom is -0.480 e. The van der Waals surface area contributed by atoms with Crippen LogP contribution in [-0.2, 0) is 35.3 Å². The summed E-state index contributed by atoms with van der Waals surface area (Å²) < 4.78 is 62.9. The number of hydrogen-bond acceptors (Lipinski definition) is 9. The van der Waals surface area contributed by atoms with E-state index in [1.807, 2.05) is 55.7 Å². The van der Waals surface area contributed by atoms with E-state index in [-0.39, 0.29) is 63.2 Å². The van der Waals surface area contributed by atoms with Crippen molar-refractivity contribution in [1.82, 2.24) is 25.4 Å². The summed E-state index contributed by atoms with van der Waals surface area (Å²) in [6, 6.07) is 11.6. The Morgan fingerprint density at radius 1 is 0.844 bits per heavy atom. The van der Waals surface area contributed by atoms with Crippen LogP contribution in [0.5, 0.6) is 0 Å². The molecule has 0 radical (unpaired) electrons. The molecule has 0 aliphatic carbocycles. The van der Waals surface area contributed by atoms with Gasteiger partial charge in [0.15, 0.2) is 0 Å². The fraction of sp³-hybridized carbons (Fsp3) is 0.488. The van der Waals surface area contributed by atoms with E-state index in [0.717, 1.165) is 23.8 Å². The van der Waals surface area contributed by atoms with Crippen LogP contribution in [0.4, 0.5) is 22.0 Å². The number of benzene rings is 2. The number of carboxylic acid groups (broad SMARTS) is 2. The molecule has 3 aromatic rings. The maximum absolute atomic E-state index is 15.0. The molecule has 16 nitrogen and oxygen atoms in total.